The van der Waals surface area contributed by atoms with Gasteiger partial charge in [0.15, 0.2) is 6.29 Å². The molecule has 6 rings (SSSR count). The first kappa shape index (κ1) is 39.7. The van der Waals surface area contributed by atoms with Gasteiger partial charge in [-0.15, -0.1) is 0 Å². The summed E-state index contributed by atoms with van der Waals surface area (Å²) in [6.07, 6.45) is 3.46. The molecule has 2 N–H and O–H groups in total. The van der Waals surface area contributed by atoms with E-state index >= 15 is 0 Å². The molecule has 3 heterocycles. The average molecular weight is 766 g/mol. The summed E-state index contributed by atoms with van der Waals surface area (Å²) in [5, 5.41) is 7.45. The van der Waals surface area contributed by atoms with Crippen LogP contribution in [0.5, 0.6) is 11.5 Å². The van der Waals surface area contributed by atoms with Crippen molar-refractivity contribution in [2.24, 2.45) is 0 Å². The molecule has 0 saturated carbocycles. The Hall–Kier alpha value is -4.95. The summed E-state index contributed by atoms with van der Waals surface area (Å²) in [6, 6.07) is 20.4. The molecular weight excluding hydrogens is 711 g/mol. The molecule has 2 aromatic heterocycles. The maximum atomic E-state index is 12.2. The lowest BCUT2D eigenvalue weighted by atomic mass is 10.1. The molecule has 0 unspecified atom stereocenters. The molecule has 0 spiro atoms. The van der Waals surface area contributed by atoms with Crippen LogP contribution in [0.15, 0.2) is 73.1 Å². The third-order valence-corrected chi connectivity index (χ3v) is 14.7. The van der Waals surface area contributed by atoms with Crippen molar-refractivity contribution in [3.8, 4) is 22.8 Å². The van der Waals surface area contributed by atoms with Crippen LogP contribution in [0, 0.1) is 0 Å². The van der Waals surface area contributed by atoms with Crippen molar-refractivity contribution >= 4 is 48.1 Å². The number of carbonyl (C=O) groups is 1. The van der Waals surface area contributed by atoms with E-state index in [1.165, 1.54) is 6.92 Å². The van der Waals surface area contributed by atoms with Crippen LogP contribution in [0.2, 0.25) is 18.1 Å². The van der Waals surface area contributed by atoms with Crippen LogP contribution in [0.25, 0.3) is 22.2 Å². The molecule has 12 nitrogen and oxygen atoms in total. The summed E-state index contributed by atoms with van der Waals surface area (Å²) in [4.78, 5) is 26.0. The molecule has 292 valence electrons. The van der Waals surface area contributed by atoms with Crippen LogP contribution in [0.4, 0.5) is 23.0 Å². The van der Waals surface area contributed by atoms with Gasteiger partial charge in [0.05, 0.1) is 43.1 Å². The first-order valence-corrected chi connectivity index (χ1v) is 21.6. The van der Waals surface area contributed by atoms with Crippen molar-refractivity contribution in [2.45, 2.75) is 58.7 Å². The van der Waals surface area contributed by atoms with Crippen molar-refractivity contribution < 1.29 is 23.4 Å². The summed E-state index contributed by atoms with van der Waals surface area (Å²) in [6.45, 7) is 16.1. The number of hydrogen-bond acceptors (Lipinski definition) is 10. The number of likely N-dealkylation sites (N-methyl/N-ethyl adjacent to an activating group) is 2. The molecule has 0 bridgehead atoms. The Morgan fingerprint density at radius 1 is 0.982 bits per heavy atom. The Balaban J connectivity index is 1.32. The molecule has 0 aliphatic carbocycles. The number of para-hydroxylation sites is 1. The minimum atomic E-state index is -2.16. The molecular formula is C42H55N7O5Si. The van der Waals surface area contributed by atoms with Crippen LogP contribution in [-0.2, 0) is 20.8 Å². The number of benzene rings is 3. The third kappa shape index (κ3) is 9.13. The molecule has 55 heavy (non-hydrogen) atoms. The van der Waals surface area contributed by atoms with E-state index in [-0.39, 0.29) is 10.9 Å². The molecule has 5 aromatic rings. The van der Waals surface area contributed by atoms with E-state index in [9.17, 15) is 4.79 Å². The zero-order valence-corrected chi connectivity index (χ0v) is 34.8. The van der Waals surface area contributed by atoms with Gasteiger partial charge in [0.2, 0.25) is 20.2 Å². The van der Waals surface area contributed by atoms with E-state index in [4.69, 9.17) is 23.6 Å². The third-order valence-electron chi connectivity index (χ3n) is 10.4. The summed E-state index contributed by atoms with van der Waals surface area (Å²) < 4.78 is 26.8. The van der Waals surface area contributed by atoms with Gasteiger partial charge >= 0.3 is 0 Å². The van der Waals surface area contributed by atoms with E-state index in [2.05, 4.69) is 106 Å². The lowest BCUT2D eigenvalue weighted by Gasteiger charge is -2.37. The Labute approximate surface area is 325 Å². The molecule has 3 aromatic carbocycles. The van der Waals surface area contributed by atoms with Gasteiger partial charge in [-0.3, -0.25) is 4.79 Å². The van der Waals surface area contributed by atoms with E-state index in [0.717, 1.165) is 57.8 Å². The summed E-state index contributed by atoms with van der Waals surface area (Å²) in [5.41, 5.74) is 6.99. The number of rotatable bonds is 14. The van der Waals surface area contributed by atoms with Crippen LogP contribution in [0.3, 0.4) is 0 Å². The highest BCUT2D eigenvalue weighted by Crippen LogP contribution is 2.42. The second kappa shape index (κ2) is 16.4. The Morgan fingerprint density at radius 3 is 2.42 bits per heavy atom. The summed E-state index contributed by atoms with van der Waals surface area (Å²) in [5.74, 6) is 1.65. The number of methoxy groups -OCH3 is 1. The predicted octanol–water partition coefficient (Wildman–Crippen LogP) is 8.28. The first-order chi connectivity index (χ1) is 26.1. The largest absolute Gasteiger partial charge is 0.543 e. The van der Waals surface area contributed by atoms with E-state index in [1.807, 2.05) is 45.4 Å². The van der Waals surface area contributed by atoms with E-state index in [1.54, 1.807) is 13.3 Å². The Bertz CT molecular complexity index is 2140. The fourth-order valence-corrected chi connectivity index (χ4v) is 7.34. The van der Waals surface area contributed by atoms with Gasteiger partial charge < -0.3 is 43.6 Å². The minimum Gasteiger partial charge on any atom is -0.543 e. The summed E-state index contributed by atoms with van der Waals surface area (Å²) >= 11 is 0. The smallest absolute Gasteiger partial charge is 0.250 e. The van der Waals surface area contributed by atoms with Crippen molar-refractivity contribution in [2.75, 3.05) is 70.1 Å². The quantitative estimate of drug-likeness (QED) is 0.107. The lowest BCUT2D eigenvalue weighted by molar-refractivity contribution is -0.114. The molecule has 1 fully saturated rings. The highest BCUT2D eigenvalue weighted by molar-refractivity contribution is 6.74. The Morgan fingerprint density at radius 2 is 1.73 bits per heavy atom. The van der Waals surface area contributed by atoms with Gasteiger partial charge in [-0.25, -0.2) is 9.97 Å². The number of ether oxygens (including phenoxy) is 3. The molecule has 1 aliphatic heterocycles. The lowest BCUT2D eigenvalue weighted by Crippen LogP contribution is -2.44. The predicted molar refractivity (Wildman–Crippen MR) is 223 cm³/mol. The molecule has 1 saturated heterocycles. The van der Waals surface area contributed by atoms with Gasteiger partial charge in [-0.1, -0.05) is 45.0 Å². The van der Waals surface area contributed by atoms with E-state index in [0.29, 0.717) is 42.8 Å². The molecule has 0 radical (unpaired) electrons. The number of aromatic nitrogens is 3. The fourth-order valence-electron chi connectivity index (χ4n) is 6.31. The second-order valence-corrected chi connectivity index (χ2v) is 20.6. The highest BCUT2D eigenvalue weighted by atomic mass is 28.4. The zero-order valence-electron chi connectivity index (χ0n) is 33.8. The number of nitrogens with zero attached hydrogens (tertiary/aromatic N) is 5. The molecule has 13 heteroatoms. The van der Waals surface area contributed by atoms with Crippen molar-refractivity contribution in [1.82, 2.24) is 19.4 Å². The van der Waals surface area contributed by atoms with Gasteiger partial charge in [0.1, 0.15) is 11.5 Å². The number of carbonyl (C=O) groups excluding carboxylic acids is 1. The maximum Gasteiger partial charge on any atom is 0.250 e. The van der Waals surface area contributed by atoms with Crippen LogP contribution < -0.4 is 24.7 Å². The first-order valence-electron chi connectivity index (χ1n) is 18.7. The van der Waals surface area contributed by atoms with Crippen molar-refractivity contribution in [1.29, 1.82) is 0 Å². The Kier molecular flexibility index (Phi) is 11.9. The molecule has 1 aliphatic rings. The number of nitrogens with one attached hydrogen (secondary N) is 2. The van der Waals surface area contributed by atoms with E-state index < -0.39 is 14.6 Å². The highest BCUT2D eigenvalue weighted by Gasteiger charge is 2.40. The van der Waals surface area contributed by atoms with Gasteiger partial charge in [-0.05, 0) is 68.1 Å². The number of anilines is 4. The normalized spacial score (nSPS) is 13.7. The topological polar surface area (TPSA) is 115 Å². The standard InChI is InChI=1S/C42H55N7O5Si/c1-28(50)44-34-24-35(39(51-8)25-37(34)48(7)20-19-47(5)6)46-41-43-18-17-33(45-41)32-27-49(36-14-12-11-13-30(32)36)26-29-15-16-31(40-52-21-22-53-40)38(23-29)54-55(9,10)42(2,3)4/h11-18,23-25,27,40H,19-22,26H2,1-10H3,(H,44,50)(H,43,45,46). The van der Waals surface area contributed by atoms with Gasteiger partial charge in [-0.2, -0.15) is 0 Å². The SMILES string of the molecule is COc1cc(N(C)CCN(C)C)c(NC(C)=O)cc1Nc1nccc(-c2cn(Cc3ccc(C4OCCO4)c(O[Si](C)(C)C(C)(C)C)c3)c3ccccc23)n1. The number of fused-ring (bicyclic) bond motifs is 1. The number of hydrogen-bond donors (Lipinski definition) is 2. The minimum absolute atomic E-state index is 0.0270. The van der Waals surface area contributed by atoms with Gasteiger partial charge in [0, 0.05) is 74.1 Å². The zero-order chi connectivity index (χ0) is 39.5. The van der Waals surface area contributed by atoms with Crippen LogP contribution in [-0.4, -0.2) is 88.2 Å². The maximum absolute atomic E-state index is 12.2. The van der Waals surface area contributed by atoms with Crippen molar-refractivity contribution in [3.05, 3.63) is 84.2 Å². The molecule has 1 amide bonds. The second-order valence-electron chi connectivity index (χ2n) is 15.9. The van der Waals surface area contributed by atoms with Gasteiger partial charge in [0.25, 0.3) is 0 Å². The summed E-state index contributed by atoms with van der Waals surface area (Å²) in [7, 11) is 5.53. The average Bonchev–Trinajstić information content (AvgIpc) is 3.79. The monoisotopic (exact) mass is 765 g/mol. The van der Waals surface area contributed by atoms with Crippen LogP contribution in [0.1, 0.15) is 45.1 Å². The molecule has 0 atom stereocenters. The van der Waals surface area contributed by atoms with Crippen molar-refractivity contribution in [3.63, 3.8) is 0 Å². The number of amides is 1. The fraction of sp³-hybridized carbons (Fsp3) is 0.405. The van der Waals surface area contributed by atoms with Crippen LogP contribution >= 0.6 is 0 Å².